The van der Waals surface area contributed by atoms with Crippen molar-refractivity contribution in [3.63, 3.8) is 0 Å². The first kappa shape index (κ1) is 18.5. The third-order valence-electron chi connectivity index (χ3n) is 5.54. The van der Waals surface area contributed by atoms with Crippen molar-refractivity contribution in [1.82, 2.24) is 15.0 Å². The Labute approximate surface area is 163 Å². The molecule has 8 nitrogen and oxygen atoms in total. The largest absolute Gasteiger partial charge is 0.465 e. The highest BCUT2D eigenvalue weighted by Crippen LogP contribution is 2.37. The summed E-state index contributed by atoms with van der Waals surface area (Å²) in [6.45, 7) is 3.45. The van der Waals surface area contributed by atoms with Crippen LogP contribution in [0.3, 0.4) is 0 Å². The molecule has 1 aliphatic carbocycles. The maximum atomic E-state index is 12.2. The molecule has 0 unspecified atom stereocenters. The molecule has 1 saturated heterocycles. The number of urea groups is 1. The second-order valence-corrected chi connectivity index (χ2v) is 7.51. The molecule has 28 heavy (non-hydrogen) atoms. The fraction of sp³-hybridized carbons (Fsp3) is 0.500. The number of amides is 2. The van der Waals surface area contributed by atoms with Crippen LogP contribution in [-0.4, -0.2) is 46.7 Å². The number of hydrogen-bond acceptors (Lipinski definition) is 6. The molecule has 0 radical (unpaired) electrons. The maximum absolute atomic E-state index is 12.2. The number of primary amides is 1. The number of aromatic nitrogens is 2. The van der Waals surface area contributed by atoms with Gasteiger partial charge in [-0.15, -0.1) is 0 Å². The van der Waals surface area contributed by atoms with Gasteiger partial charge in [0.2, 0.25) is 11.7 Å². The van der Waals surface area contributed by atoms with Crippen LogP contribution in [0.2, 0.25) is 0 Å². The number of benzene rings is 1. The summed E-state index contributed by atoms with van der Waals surface area (Å²) in [5.41, 5.74) is 8.56. The van der Waals surface area contributed by atoms with Gasteiger partial charge >= 0.3 is 12.0 Å². The van der Waals surface area contributed by atoms with Crippen molar-refractivity contribution in [1.29, 1.82) is 0 Å². The first-order chi connectivity index (χ1) is 13.5. The molecule has 0 spiro atoms. The number of fused-ring (bicyclic) bond motifs is 1. The quantitative estimate of drug-likeness (QED) is 0.765. The molecule has 2 heterocycles. The monoisotopic (exact) mass is 384 g/mol. The third-order valence-corrected chi connectivity index (χ3v) is 5.54. The van der Waals surface area contributed by atoms with Crippen molar-refractivity contribution < 1.29 is 18.8 Å². The molecule has 1 aromatic carbocycles. The molecular formula is C20H24N4O4. The number of nitrogens with two attached hydrogens (primary N) is 1. The summed E-state index contributed by atoms with van der Waals surface area (Å²) >= 11 is 0. The molecule has 2 aliphatic rings. The highest BCUT2D eigenvalue weighted by atomic mass is 16.5. The summed E-state index contributed by atoms with van der Waals surface area (Å²) in [4.78, 5) is 29.1. The van der Waals surface area contributed by atoms with E-state index in [0.29, 0.717) is 44.3 Å². The van der Waals surface area contributed by atoms with Gasteiger partial charge in [0.1, 0.15) is 0 Å². The SMILES string of the molecule is CCc1nc(-c2ccc3c(c2)CC[C@H]3CC(=O)OCC2CN(C(N)=O)C2)no1. The van der Waals surface area contributed by atoms with Crippen LogP contribution in [0.5, 0.6) is 0 Å². The molecule has 0 saturated carbocycles. The van der Waals surface area contributed by atoms with Gasteiger partial charge in [-0.25, -0.2) is 4.79 Å². The first-order valence-electron chi connectivity index (χ1n) is 9.69. The van der Waals surface area contributed by atoms with Crippen LogP contribution >= 0.6 is 0 Å². The topological polar surface area (TPSA) is 112 Å². The van der Waals surface area contributed by atoms with E-state index in [1.54, 1.807) is 0 Å². The lowest BCUT2D eigenvalue weighted by atomic mass is 9.96. The zero-order valence-corrected chi connectivity index (χ0v) is 15.9. The molecule has 1 aliphatic heterocycles. The molecule has 2 N–H and O–H groups in total. The minimum absolute atomic E-state index is 0.177. The Morgan fingerprint density at radius 1 is 1.36 bits per heavy atom. The molecule has 4 rings (SSSR count). The lowest BCUT2D eigenvalue weighted by molar-refractivity contribution is -0.146. The normalized spacial score (nSPS) is 18.6. The number of likely N-dealkylation sites (tertiary alicyclic amines) is 1. The van der Waals surface area contributed by atoms with Gasteiger partial charge in [-0.2, -0.15) is 4.98 Å². The highest BCUT2D eigenvalue weighted by Gasteiger charge is 2.31. The molecule has 2 amide bonds. The summed E-state index contributed by atoms with van der Waals surface area (Å²) in [6.07, 6.45) is 2.94. The van der Waals surface area contributed by atoms with Crippen molar-refractivity contribution in [2.24, 2.45) is 11.7 Å². The average molecular weight is 384 g/mol. The number of nitrogens with zero attached hydrogens (tertiary/aromatic N) is 3. The van der Waals surface area contributed by atoms with E-state index >= 15 is 0 Å². The molecular weight excluding hydrogens is 360 g/mol. The third kappa shape index (κ3) is 3.72. The lowest BCUT2D eigenvalue weighted by Crippen LogP contribution is -2.53. The van der Waals surface area contributed by atoms with Crippen LogP contribution < -0.4 is 5.73 Å². The number of esters is 1. The molecule has 148 valence electrons. The number of rotatable bonds is 6. The standard InChI is InChI=1S/C20H24N4O4/c1-2-17-22-19(23-28-17)15-5-6-16-13(7-15)3-4-14(16)8-18(25)27-11-12-9-24(10-12)20(21)26/h5-7,12,14H,2-4,8-11H2,1H3,(H2,21,26)/t14-/m0/s1. The predicted molar refractivity (Wildman–Crippen MR) is 100 cm³/mol. The second-order valence-electron chi connectivity index (χ2n) is 7.51. The zero-order valence-electron chi connectivity index (χ0n) is 15.9. The second kappa shape index (κ2) is 7.61. The molecule has 2 aromatic rings. The fourth-order valence-electron chi connectivity index (χ4n) is 3.90. The Hall–Kier alpha value is -2.90. The molecule has 1 aromatic heterocycles. The highest BCUT2D eigenvalue weighted by molar-refractivity contribution is 5.73. The molecule has 1 fully saturated rings. The summed E-state index contributed by atoms with van der Waals surface area (Å²) in [6, 6.07) is 5.72. The lowest BCUT2D eigenvalue weighted by Gasteiger charge is -2.37. The van der Waals surface area contributed by atoms with Gasteiger partial charge in [0, 0.05) is 31.0 Å². The van der Waals surface area contributed by atoms with Gasteiger partial charge in [-0.05, 0) is 36.0 Å². The smallest absolute Gasteiger partial charge is 0.314 e. The van der Waals surface area contributed by atoms with Gasteiger partial charge in [-0.3, -0.25) is 4.79 Å². The van der Waals surface area contributed by atoms with Gasteiger partial charge in [0.25, 0.3) is 0 Å². The molecule has 8 heteroatoms. The van der Waals surface area contributed by atoms with E-state index in [-0.39, 0.29) is 17.8 Å². The van der Waals surface area contributed by atoms with Gasteiger partial charge in [-0.1, -0.05) is 24.2 Å². The average Bonchev–Trinajstić information content (AvgIpc) is 3.27. The van der Waals surface area contributed by atoms with E-state index in [1.807, 2.05) is 13.0 Å². The maximum Gasteiger partial charge on any atom is 0.314 e. The van der Waals surface area contributed by atoms with Crippen LogP contribution in [0.4, 0.5) is 4.79 Å². The van der Waals surface area contributed by atoms with E-state index in [9.17, 15) is 9.59 Å². The van der Waals surface area contributed by atoms with E-state index in [2.05, 4.69) is 22.3 Å². The van der Waals surface area contributed by atoms with Crippen LogP contribution in [0.25, 0.3) is 11.4 Å². The van der Waals surface area contributed by atoms with Crippen molar-refractivity contribution in [3.05, 3.63) is 35.2 Å². The summed E-state index contributed by atoms with van der Waals surface area (Å²) in [5.74, 6) is 1.41. The van der Waals surface area contributed by atoms with E-state index in [0.717, 1.165) is 18.4 Å². The molecule has 0 bridgehead atoms. The summed E-state index contributed by atoms with van der Waals surface area (Å²) in [7, 11) is 0. The molecule has 1 atom stereocenters. The van der Waals surface area contributed by atoms with Crippen molar-refractivity contribution in [2.45, 2.75) is 38.5 Å². The Morgan fingerprint density at radius 3 is 2.89 bits per heavy atom. The van der Waals surface area contributed by atoms with Crippen molar-refractivity contribution in [2.75, 3.05) is 19.7 Å². The number of carbonyl (C=O) groups is 2. The van der Waals surface area contributed by atoms with Crippen molar-refractivity contribution in [3.8, 4) is 11.4 Å². The predicted octanol–water partition coefficient (Wildman–Crippen LogP) is 2.27. The van der Waals surface area contributed by atoms with Crippen molar-refractivity contribution >= 4 is 12.0 Å². The summed E-state index contributed by atoms with van der Waals surface area (Å²) < 4.78 is 10.6. The Balaban J connectivity index is 1.32. The minimum atomic E-state index is -0.420. The van der Waals surface area contributed by atoms with E-state index in [1.165, 1.54) is 16.0 Å². The Bertz CT molecular complexity index is 888. The van der Waals surface area contributed by atoms with Crippen LogP contribution in [-0.2, 0) is 22.4 Å². The fourth-order valence-corrected chi connectivity index (χ4v) is 3.90. The summed E-state index contributed by atoms with van der Waals surface area (Å²) in [5, 5.41) is 4.03. The number of carbonyl (C=O) groups excluding carboxylic acids is 2. The Morgan fingerprint density at radius 2 is 2.18 bits per heavy atom. The minimum Gasteiger partial charge on any atom is -0.465 e. The number of hydrogen-bond donors (Lipinski definition) is 1. The van der Waals surface area contributed by atoms with E-state index < -0.39 is 6.03 Å². The number of ether oxygens (including phenoxy) is 1. The van der Waals surface area contributed by atoms with E-state index in [4.69, 9.17) is 15.0 Å². The van der Waals surface area contributed by atoms with Crippen LogP contribution in [0.1, 0.15) is 42.7 Å². The van der Waals surface area contributed by atoms with Gasteiger partial charge < -0.3 is 19.9 Å². The Kier molecular flexibility index (Phi) is 5.02. The van der Waals surface area contributed by atoms with Crippen LogP contribution in [0, 0.1) is 5.92 Å². The van der Waals surface area contributed by atoms with Crippen LogP contribution in [0.15, 0.2) is 22.7 Å². The van der Waals surface area contributed by atoms with Gasteiger partial charge in [0.05, 0.1) is 13.0 Å². The number of aryl methyl sites for hydroxylation is 2. The first-order valence-corrected chi connectivity index (χ1v) is 9.69. The van der Waals surface area contributed by atoms with Gasteiger partial charge in [0.15, 0.2) is 0 Å². The zero-order chi connectivity index (χ0) is 19.7.